The molecule has 5 heteroatoms. The predicted molar refractivity (Wildman–Crippen MR) is 60.1 cm³/mol. The summed E-state index contributed by atoms with van der Waals surface area (Å²) in [6, 6.07) is 8.81. The molecule has 0 unspecified atom stereocenters. The number of carbonyl (C=O) groups is 1. The summed E-state index contributed by atoms with van der Waals surface area (Å²) in [5.41, 5.74) is 1.97. The van der Waals surface area contributed by atoms with Crippen LogP contribution >= 0.6 is 0 Å². The molecule has 0 saturated heterocycles. The molecule has 2 aromatic rings. The Labute approximate surface area is 97.7 Å². The number of hydrogen-bond donors (Lipinski definition) is 1. The van der Waals surface area contributed by atoms with E-state index in [9.17, 15) is 4.79 Å². The van der Waals surface area contributed by atoms with Crippen LogP contribution < -0.4 is 0 Å². The normalized spacial score (nSPS) is 9.65. The van der Waals surface area contributed by atoms with Crippen molar-refractivity contribution in [2.75, 3.05) is 7.11 Å². The van der Waals surface area contributed by atoms with E-state index < -0.39 is 5.97 Å². The fourth-order valence-corrected chi connectivity index (χ4v) is 1.49. The third-order valence-corrected chi connectivity index (χ3v) is 2.30. The van der Waals surface area contributed by atoms with Crippen LogP contribution in [0.1, 0.15) is 16.2 Å². The molecule has 0 aromatic carbocycles. The Hall–Kier alpha value is -2.61. The van der Waals surface area contributed by atoms with Crippen molar-refractivity contribution in [1.29, 1.82) is 5.26 Å². The lowest BCUT2D eigenvalue weighted by Crippen LogP contribution is -2.01. The Morgan fingerprint density at radius 3 is 3.00 bits per heavy atom. The molecule has 5 nitrogen and oxygen atoms in total. The number of nitriles is 1. The summed E-state index contributed by atoms with van der Waals surface area (Å²) in [5.74, 6) is -0.446. The number of esters is 1. The summed E-state index contributed by atoms with van der Waals surface area (Å²) in [5, 5.41) is 8.92. The molecule has 2 heterocycles. The molecule has 0 aliphatic carbocycles. The van der Waals surface area contributed by atoms with Crippen LogP contribution in [0.5, 0.6) is 0 Å². The summed E-state index contributed by atoms with van der Waals surface area (Å²) in [4.78, 5) is 18.1. The zero-order valence-corrected chi connectivity index (χ0v) is 9.10. The minimum absolute atomic E-state index is 0.311. The molecular weight excluding hydrogens is 218 g/mol. The van der Waals surface area contributed by atoms with Gasteiger partial charge in [-0.2, -0.15) is 5.26 Å². The number of hydrogen-bond acceptors (Lipinski definition) is 4. The van der Waals surface area contributed by atoms with Crippen LogP contribution in [0.2, 0.25) is 0 Å². The van der Waals surface area contributed by atoms with E-state index in [2.05, 4.69) is 14.7 Å². The molecule has 0 aliphatic heterocycles. The molecular formula is C12H9N3O2. The summed E-state index contributed by atoms with van der Waals surface area (Å²) < 4.78 is 4.59. The SMILES string of the molecule is COC(=O)c1ccc(-c2cccnc2C#N)[nH]1. The van der Waals surface area contributed by atoms with E-state index in [0.29, 0.717) is 22.6 Å². The number of nitrogens with zero attached hydrogens (tertiary/aromatic N) is 2. The smallest absolute Gasteiger partial charge is 0.354 e. The maximum absolute atomic E-state index is 11.3. The maximum atomic E-state index is 11.3. The molecule has 0 fully saturated rings. The first kappa shape index (κ1) is 10.9. The lowest BCUT2D eigenvalue weighted by molar-refractivity contribution is 0.0595. The van der Waals surface area contributed by atoms with E-state index >= 15 is 0 Å². The molecule has 2 aromatic heterocycles. The van der Waals surface area contributed by atoms with Gasteiger partial charge in [0.2, 0.25) is 0 Å². The lowest BCUT2D eigenvalue weighted by Gasteiger charge is -1.99. The molecule has 17 heavy (non-hydrogen) atoms. The topological polar surface area (TPSA) is 78.8 Å². The average Bonchev–Trinajstić information content (AvgIpc) is 2.87. The van der Waals surface area contributed by atoms with Gasteiger partial charge in [0.25, 0.3) is 0 Å². The predicted octanol–water partition coefficient (Wildman–Crippen LogP) is 1.73. The van der Waals surface area contributed by atoms with Crippen molar-refractivity contribution in [2.45, 2.75) is 0 Å². The van der Waals surface area contributed by atoms with Crippen molar-refractivity contribution in [3.05, 3.63) is 41.9 Å². The monoisotopic (exact) mass is 227 g/mol. The zero-order valence-electron chi connectivity index (χ0n) is 9.10. The maximum Gasteiger partial charge on any atom is 0.354 e. The van der Waals surface area contributed by atoms with Crippen LogP contribution in [0, 0.1) is 11.3 Å². The molecule has 0 bridgehead atoms. The van der Waals surface area contributed by atoms with Gasteiger partial charge >= 0.3 is 5.97 Å². The van der Waals surface area contributed by atoms with Crippen LogP contribution in [-0.4, -0.2) is 23.0 Å². The van der Waals surface area contributed by atoms with E-state index in [0.717, 1.165) is 0 Å². The number of nitrogens with one attached hydrogen (secondary N) is 1. The van der Waals surface area contributed by atoms with Crippen molar-refractivity contribution in [1.82, 2.24) is 9.97 Å². The Morgan fingerprint density at radius 2 is 2.29 bits per heavy atom. The minimum Gasteiger partial charge on any atom is -0.464 e. The number of methoxy groups -OCH3 is 1. The summed E-state index contributed by atoms with van der Waals surface area (Å²) in [7, 11) is 1.31. The van der Waals surface area contributed by atoms with Crippen molar-refractivity contribution < 1.29 is 9.53 Å². The Morgan fingerprint density at radius 1 is 1.47 bits per heavy atom. The minimum atomic E-state index is -0.446. The summed E-state index contributed by atoms with van der Waals surface area (Å²) in [6.45, 7) is 0. The first-order valence-electron chi connectivity index (χ1n) is 4.89. The number of ether oxygens (including phenoxy) is 1. The Bertz CT molecular complexity index is 596. The quantitative estimate of drug-likeness (QED) is 0.792. The Kier molecular flexibility index (Phi) is 2.88. The van der Waals surface area contributed by atoms with Crippen molar-refractivity contribution in [3.8, 4) is 17.3 Å². The number of carbonyl (C=O) groups excluding carboxylic acids is 1. The van der Waals surface area contributed by atoms with Gasteiger partial charge in [-0.3, -0.25) is 0 Å². The van der Waals surface area contributed by atoms with E-state index in [1.807, 2.05) is 6.07 Å². The fraction of sp³-hybridized carbons (Fsp3) is 0.0833. The van der Waals surface area contributed by atoms with Crippen LogP contribution in [0.4, 0.5) is 0 Å². The molecule has 2 rings (SSSR count). The molecule has 0 amide bonds. The second-order valence-electron chi connectivity index (χ2n) is 3.29. The number of aromatic nitrogens is 2. The highest BCUT2D eigenvalue weighted by molar-refractivity contribution is 5.88. The van der Waals surface area contributed by atoms with Crippen LogP contribution in [0.15, 0.2) is 30.5 Å². The van der Waals surface area contributed by atoms with Gasteiger partial charge in [-0.15, -0.1) is 0 Å². The number of pyridine rings is 1. The van der Waals surface area contributed by atoms with E-state index in [1.54, 1.807) is 30.5 Å². The first-order valence-corrected chi connectivity index (χ1v) is 4.89. The Balaban J connectivity index is 2.44. The third kappa shape index (κ3) is 2.01. The summed E-state index contributed by atoms with van der Waals surface area (Å²) >= 11 is 0. The number of H-pyrrole nitrogens is 1. The van der Waals surface area contributed by atoms with Crippen molar-refractivity contribution in [2.24, 2.45) is 0 Å². The zero-order chi connectivity index (χ0) is 12.3. The van der Waals surface area contributed by atoms with Gasteiger partial charge in [0.15, 0.2) is 0 Å². The van der Waals surface area contributed by atoms with Crippen LogP contribution in [-0.2, 0) is 4.74 Å². The van der Waals surface area contributed by atoms with Crippen LogP contribution in [0.25, 0.3) is 11.3 Å². The van der Waals surface area contributed by atoms with Crippen molar-refractivity contribution in [3.63, 3.8) is 0 Å². The molecule has 1 N–H and O–H groups in total. The van der Waals surface area contributed by atoms with E-state index in [4.69, 9.17) is 5.26 Å². The highest BCUT2D eigenvalue weighted by Crippen LogP contribution is 2.21. The second-order valence-corrected chi connectivity index (χ2v) is 3.29. The van der Waals surface area contributed by atoms with E-state index in [1.165, 1.54) is 7.11 Å². The highest BCUT2D eigenvalue weighted by Gasteiger charge is 2.11. The average molecular weight is 227 g/mol. The molecule has 0 radical (unpaired) electrons. The van der Waals surface area contributed by atoms with Gasteiger partial charge in [-0.1, -0.05) is 0 Å². The standard InChI is InChI=1S/C12H9N3O2/c1-17-12(16)10-5-4-9(15-10)8-3-2-6-14-11(8)7-13/h2-6,15H,1H3. The molecule has 84 valence electrons. The van der Waals surface area contributed by atoms with Gasteiger partial charge in [0.05, 0.1) is 7.11 Å². The van der Waals surface area contributed by atoms with Gasteiger partial charge in [-0.25, -0.2) is 9.78 Å². The molecule has 0 aliphatic rings. The second kappa shape index (κ2) is 4.49. The number of rotatable bonds is 2. The van der Waals surface area contributed by atoms with E-state index in [-0.39, 0.29) is 0 Å². The van der Waals surface area contributed by atoms with Gasteiger partial charge in [0.1, 0.15) is 17.5 Å². The van der Waals surface area contributed by atoms with Gasteiger partial charge < -0.3 is 9.72 Å². The fourth-order valence-electron chi connectivity index (χ4n) is 1.49. The number of aromatic amines is 1. The molecule has 0 saturated carbocycles. The molecule has 0 atom stereocenters. The van der Waals surface area contributed by atoms with Crippen LogP contribution in [0.3, 0.4) is 0 Å². The van der Waals surface area contributed by atoms with Gasteiger partial charge in [0, 0.05) is 17.5 Å². The third-order valence-electron chi connectivity index (χ3n) is 2.30. The summed E-state index contributed by atoms with van der Waals surface area (Å²) in [6.07, 6.45) is 1.55. The van der Waals surface area contributed by atoms with Crippen molar-refractivity contribution >= 4 is 5.97 Å². The lowest BCUT2D eigenvalue weighted by atomic mass is 10.1. The molecule has 0 spiro atoms. The first-order chi connectivity index (χ1) is 8.26. The van der Waals surface area contributed by atoms with Gasteiger partial charge in [-0.05, 0) is 24.3 Å². The highest BCUT2D eigenvalue weighted by atomic mass is 16.5. The largest absolute Gasteiger partial charge is 0.464 e.